The number of ketones is 1. The molecule has 4 heteroatoms. The number of Topliss-reactive ketones (excluding diaryl/α,β-unsaturated/α-hetero) is 1. The van der Waals surface area contributed by atoms with E-state index in [1.165, 1.54) is 11.8 Å². The fourth-order valence-corrected chi connectivity index (χ4v) is 2.28. The van der Waals surface area contributed by atoms with E-state index in [2.05, 4.69) is 0 Å². The molecule has 1 aliphatic heterocycles. The van der Waals surface area contributed by atoms with Crippen LogP contribution in [0, 0.1) is 5.92 Å². The van der Waals surface area contributed by atoms with Crippen LogP contribution in [-0.4, -0.2) is 29.4 Å². The highest BCUT2D eigenvalue weighted by molar-refractivity contribution is 8.01. The third kappa shape index (κ3) is 1.80. The number of carbonyl (C=O) groups is 2. The van der Waals surface area contributed by atoms with Crippen molar-refractivity contribution in [2.45, 2.75) is 19.1 Å². The Hall–Kier alpha value is -0.510. The van der Waals surface area contributed by atoms with Crippen LogP contribution in [0.1, 0.15) is 13.8 Å². The maximum Gasteiger partial charge on any atom is 0.317 e. The van der Waals surface area contributed by atoms with E-state index in [1.807, 2.05) is 6.92 Å². The lowest BCUT2D eigenvalue weighted by Gasteiger charge is -2.10. The lowest BCUT2D eigenvalue weighted by molar-refractivity contribution is -0.150. The van der Waals surface area contributed by atoms with Crippen molar-refractivity contribution in [2.24, 2.45) is 5.92 Å². The molecule has 0 spiro atoms. The summed E-state index contributed by atoms with van der Waals surface area (Å²) in [6.45, 7) is 3.98. The first-order valence-corrected chi connectivity index (χ1v) is 5.02. The molecule has 1 rings (SSSR count). The molecule has 1 heterocycles. The zero-order valence-electron chi connectivity index (χ0n) is 7.20. The summed E-state index contributed by atoms with van der Waals surface area (Å²) in [4.78, 5) is 22.4. The van der Waals surface area contributed by atoms with Crippen LogP contribution < -0.4 is 0 Å². The Kier molecular flexibility index (Phi) is 3.14. The minimum Gasteiger partial charge on any atom is -0.465 e. The van der Waals surface area contributed by atoms with Gasteiger partial charge < -0.3 is 4.74 Å². The van der Waals surface area contributed by atoms with Gasteiger partial charge in [-0.3, -0.25) is 9.59 Å². The van der Waals surface area contributed by atoms with E-state index in [-0.39, 0.29) is 17.0 Å². The number of esters is 1. The molecule has 3 nitrogen and oxygen atoms in total. The quantitative estimate of drug-likeness (QED) is 0.476. The van der Waals surface area contributed by atoms with E-state index in [0.717, 1.165) is 0 Å². The zero-order chi connectivity index (χ0) is 9.14. The Balaban J connectivity index is 2.59. The Morgan fingerprint density at radius 2 is 2.42 bits per heavy atom. The van der Waals surface area contributed by atoms with Crippen molar-refractivity contribution in [3.63, 3.8) is 0 Å². The second-order valence-corrected chi connectivity index (χ2v) is 4.08. The molecule has 1 fully saturated rings. The molecule has 1 aliphatic rings. The van der Waals surface area contributed by atoms with Crippen LogP contribution in [0.25, 0.3) is 0 Å². The van der Waals surface area contributed by atoms with Gasteiger partial charge >= 0.3 is 5.97 Å². The lowest BCUT2D eigenvalue weighted by atomic mass is 10.0. The van der Waals surface area contributed by atoms with Gasteiger partial charge in [0, 0.05) is 5.25 Å². The average molecular weight is 188 g/mol. The van der Waals surface area contributed by atoms with Crippen molar-refractivity contribution in [3.05, 3.63) is 0 Å². The molecule has 0 aliphatic carbocycles. The molecule has 2 unspecified atom stereocenters. The predicted octanol–water partition coefficient (Wildman–Crippen LogP) is 0.870. The number of hydrogen-bond donors (Lipinski definition) is 0. The maximum absolute atomic E-state index is 11.2. The van der Waals surface area contributed by atoms with Gasteiger partial charge in [0.1, 0.15) is 5.92 Å². The number of rotatable bonds is 2. The molecule has 0 aromatic heterocycles. The summed E-state index contributed by atoms with van der Waals surface area (Å²) in [5, 5.41) is 0.0801. The Labute approximate surface area is 75.8 Å². The number of carbonyl (C=O) groups excluding carboxylic acids is 2. The van der Waals surface area contributed by atoms with E-state index in [4.69, 9.17) is 4.74 Å². The first kappa shape index (κ1) is 9.58. The minimum atomic E-state index is -0.519. The van der Waals surface area contributed by atoms with Crippen LogP contribution in [0.2, 0.25) is 0 Å². The normalized spacial score (nSPS) is 29.0. The van der Waals surface area contributed by atoms with Crippen molar-refractivity contribution >= 4 is 23.5 Å². The highest BCUT2D eigenvalue weighted by Crippen LogP contribution is 2.29. The molecule has 12 heavy (non-hydrogen) atoms. The van der Waals surface area contributed by atoms with E-state index in [9.17, 15) is 9.59 Å². The van der Waals surface area contributed by atoms with E-state index in [1.54, 1.807) is 6.92 Å². The first-order valence-electron chi connectivity index (χ1n) is 3.97. The third-order valence-electron chi connectivity index (χ3n) is 1.85. The summed E-state index contributed by atoms with van der Waals surface area (Å²) in [7, 11) is 0. The zero-order valence-corrected chi connectivity index (χ0v) is 8.02. The Morgan fingerprint density at radius 1 is 1.75 bits per heavy atom. The summed E-state index contributed by atoms with van der Waals surface area (Å²) in [6.07, 6.45) is 0. The highest BCUT2D eigenvalue weighted by Gasteiger charge is 2.38. The molecule has 0 amide bonds. The Morgan fingerprint density at radius 3 is 2.83 bits per heavy atom. The number of ether oxygens (including phenoxy) is 1. The van der Waals surface area contributed by atoms with Gasteiger partial charge in [0.25, 0.3) is 0 Å². The molecular formula is C8H12O3S. The largest absolute Gasteiger partial charge is 0.465 e. The molecular weight excluding hydrogens is 176 g/mol. The van der Waals surface area contributed by atoms with Crippen LogP contribution in [0.15, 0.2) is 0 Å². The summed E-state index contributed by atoms with van der Waals surface area (Å²) in [6, 6.07) is 0. The van der Waals surface area contributed by atoms with Crippen molar-refractivity contribution in [2.75, 3.05) is 12.4 Å². The van der Waals surface area contributed by atoms with Gasteiger partial charge in [0.15, 0.2) is 5.78 Å². The molecule has 0 N–H and O–H groups in total. The summed E-state index contributed by atoms with van der Waals surface area (Å²) in [5.41, 5.74) is 0. The second-order valence-electron chi connectivity index (χ2n) is 2.71. The van der Waals surface area contributed by atoms with E-state index >= 15 is 0 Å². The minimum absolute atomic E-state index is 0.00551. The average Bonchev–Trinajstić information content (AvgIpc) is 2.32. The SMILES string of the molecule is CCOC(=O)C1C(=O)CSC1C. The first-order chi connectivity index (χ1) is 5.66. The standard InChI is InChI=1S/C8H12O3S/c1-3-11-8(10)7-5(2)12-4-6(7)9/h5,7H,3-4H2,1-2H3. The summed E-state index contributed by atoms with van der Waals surface area (Å²) < 4.78 is 4.79. The molecule has 0 radical (unpaired) electrons. The van der Waals surface area contributed by atoms with Gasteiger partial charge in [-0.15, -0.1) is 11.8 Å². The lowest BCUT2D eigenvalue weighted by Crippen LogP contribution is -2.28. The fraction of sp³-hybridized carbons (Fsp3) is 0.750. The smallest absolute Gasteiger partial charge is 0.317 e. The second kappa shape index (κ2) is 3.94. The fourth-order valence-electron chi connectivity index (χ4n) is 1.22. The van der Waals surface area contributed by atoms with Crippen LogP contribution in [0.4, 0.5) is 0 Å². The van der Waals surface area contributed by atoms with Gasteiger partial charge in [-0.1, -0.05) is 6.92 Å². The van der Waals surface area contributed by atoms with Crippen LogP contribution >= 0.6 is 11.8 Å². The van der Waals surface area contributed by atoms with Gasteiger partial charge in [0.2, 0.25) is 0 Å². The molecule has 68 valence electrons. The van der Waals surface area contributed by atoms with Gasteiger partial charge in [-0.05, 0) is 6.92 Å². The highest BCUT2D eigenvalue weighted by atomic mass is 32.2. The number of thioether (sulfide) groups is 1. The summed E-state index contributed by atoms with van der Waals surface area (Å²) in [5.74, 6) is -0.425. The molecule has 0 aromatic carbocycles. The van der Waals surface area contributed by atoms with Gasteiger partial charge in [0.05, 0.1) is 12.4 Å². The number of hydrogen-bond acceptors (Lipinski definition) is 4. The third-order valence-corrected chi connectivity index (χ3v) is 3.09. The molecule has 2 atom stereocenters. The maximum atomic E-state index is 11.2. The monoisotopic (exact) mass is 188 g/mol. The van der Waals surface area contributed by atoms with Crippen molar-refractivity contribution in [3.8, 4) is 0 Å². The Bertz CT molecular complexity index is 202. The van der Waals surface area contributed by atoms with Crippen LogP contribution in [0.5, 0.6) is 0 Å². The molecule has 0 saturated carbocycles. The molecule has 0 aromatic rings. The predicted molar refractivity (Wildman–Crippen MR) is 47.1 cm³/mol. The molecule has 0 bridgehead atoms. The van der Waals surface area contributed by atoms with E-state index < -0.39 is 5.92 Å². The van der Waals surface area contributed by atoms with Gasteiger partial charge in [-0.2, -0.15) is 0 Å². The van der Waals surface area contributed by atoms with E-state index in [0.29, 0.717) is 12.4 Å². The van der Waals surface area contributed by atoms with Crippen molar-refractivity contribution in [1.29, 1.82) is 0 Å². The topological polar surface area (TPSA) is 43.4 Å². The molecule has 1 saturated heterocycles. The van der Waals surface area contributed by atoms with Crippen molar-refractivity contribution in [1.82, 2.24) is 0 Å². The van der Waals surface area contributed by atoms with Crippen LogP contribution in [-0.2, 0) is 14.3 Å². The van der Waals surface area contributed by atoms with Crippen molar-refractivity contribution < 1.29 is 14.3 Å². The van der Waals surface area contributed by atoms with Gasteiger partial charge in [-0.25, -0.2) is 0 Å². The summed E-state index contributed by atoms with van der Waals surface area (Å²) >= 11 is 1.52. The van der Waals surface area contributed by atoms with Crippen LogP contribution in [0.3, 0.4) is 0 Å².